The van der Waals surface area contributed by atoms with E-state index in [0.29, 0.717) is 19.3 Å². The lowest BCUT2D eigenvalue weighted by molar-refractivity contribution is -0.167. The molecule has 0 heterocycles. The van der Waals surface area contributed by atoms with Crippen LogP contribution in [-0.2, 0) is 28.6 Å². The smallest absolute Gasteiger partial charge is 0.306 e. The van der Waals surface area contributed by atoms with Crippen molar-refractivity contribution in [2.24, 2.45) is 11.8 Å². The van der Waals surface area contributed by atoms with Gasteiger partial charge in [0.05, 0.1) is 0 Å². The molecule has 0 N–H and O–H groups in total. The van der Waals surface area contributed by atoms with Crippen LogP contribution in [-0.4, -0.2) is 37.2 Å². The normalized spacial score (nSPS) is 12.1. The van der Waals surface area contributed by atoms with E-state index < -0.39 is 6.10 Å². The van der Waals surface area contributed by atoms with Crippen LogP contribution in [0.15, 0.2) is 0 Å². The maximum atomic E-state index is 12.7. The standard InChI is InChI=1S/C49H94O6/c1-6-7-8-9-10-11-12-13-14-15-18-24-29-34-39-47(50)53-42-46(43-54-48(51)40-35-30-25-21-20-23-28-33-38-45(4)5)55-49(52)41-36-31-26-19-16-17-22-27-32-37-44(2)3/h44-46H,6-43H2,1-5H3/t46-/m0/s1. The van der Waals surface area contributed by atoms with Crippen LogP contribution in [0.2, 0.25) is 0 Å². The van der Waals surface area contributed by atoms with Crippen molar-refractivity contribution in [2.45, 2.75) is 272 Å². The van der Waals surface area contributed by atoms with E-state index in [4.69, 9.17) is 14.2 Å². The molecular formula is C49H94O6. The Bertz CT molecular complexity index is 839. The number of carbonyl (C=O) groups excluding carboxylic acids is 3. The molecule has 1 atom stereocenters. The summed E-state index contributed by atoms with van der Waals surface area (Å²) in [6.45, 7) is 11.3. The van der Waals surface area contributed by atoms with E-state index in [0.717, 1.165) is 69.6 Å². The number of hydrogen-bond donors (Lipinski definition) is 0. The molecule has 0 saturated heterocycles. The summed E-state index contributed by atoms with van der Waals surface area (Å²) in [6.07, 6.45) is 40.9. The third kappa shape index (κ3) is 43.4. The lowest BCUT2D eigenvalue weighted by Gasteiger charge is -2.18. The monoisotopic (exact) mass is 779 g/mol. The quantitative estimate of drug-likeness (QED) is 0.0348. The summed E-state index contributed by atoms with van der Waals surface area (Å²) in [4.78, 5) is 37.8. The zero-order valence-corrected chi connectivity index (χ0v) is 37.6. The van der Waals surface area contributed by atoms with E-state index in [9.17, 15) is 14.4 Å². The molecule has 0 aromatic heterocycles. The first kappa shape index (κ1) is 53.4. The molecule has 0 rings (SSSR count). The van der Waals surface area contributed by atoms with Crippen molar-refractivity contribution in [2.75, 3.05) is 13.2 Å². The van der Waals surface area contributed by atoms with Crippen molar-refractivity contribution in [3.05, 3.63) is 0 Å². The molecule has 0 fully saturated rings. The van der Waals surface area contributed by atoms with E-state index in [1.54, 1.807) is 0 Å². The summed E-state index contributed by atoms with van der Waals surface area (Å²) < 4.78 is 16.8. The Labute approximate surface area is 342 Å². The van der Waals surface area contributed by atoms with Crippen molar-refractivity contribution in [1.82, 2.24) is 0 Å². The first-order chi connectivity index (χ1) is 26.7. The van der Waals surface area contributed by atoms with Gasteiger partial charge in [0.15, 0.2) is 6.10 Å². The Morgan fingerprint density at radius 3 is 0.891 bits per heavy atom. The highest BCUT2D eigenvalue weighted by atomic mass is 16.6. The fourth-order valence-corrected chi connectivity index (χ4v) is 7.28. The van der Waals surface area contributed by atoms with Crippen molar-refractivity contribution in [3.8, 4) is 0 Å². The summed E-state index contributed by atoms with van der Waals surface area (Å²) in [6, 6.07) is 0. The maximum absolute atomic E-state index is 12.7. The highest BCUT2D eigenvalue weighted by Gasteiger charge is 2.19. The molecule has 0 unspecified atom stereocenters. The topological polar surface area (TPSA) is 78.9 Å². The molecule has 6 heteroatoms. The summed E-state index contributed by atoms with van der Waals surface area (Å²) in [5.74, 6) is 0.747. The van der Waals surface area contributed by atoms with Gasteiger partial charge in [-0.05, 0) is 31.1 Å². The van der Waals surface area contributed by atoms with Crippen LogP contribution in [0.3, 0.4) is 0 Å². The summed E-state index contributed by atoms with van der Waals surface area (Å²) in [7, 11) is 0. The number of ether oxygens (including phenoxy) is 3. The average Bonchev–Trinajstić information content (AvgIpc) is 3.15. The molecule has 326 valence electrons. The Morgan fingerprint density at radius 2 is 0.600 bits per heavy atom. The van der Waals surface area contributed by atoms with Crippen LogP contribution in [0.4, 0.5) is 0 Å². The van der Waals surface area contributed by atoms with Gasteiger partial charge in [-0.3, -0.25) is 14.4 Å². The molecule has 0 aliphatic rings. The number of carbonyl (C=O) groups is 3. The Hall–Kier alpha value is -1.59. The Balaban J connectivity index is 4.32. The van der Waals surface area contributed by atoms with E-state index in [1.807, 2.05) is 0 Å². The molecule has 6 nitrogen and oxygen atoms in total. The average molecular weight is 779 g/mol. The van der Waals surface area contributed by atoms with Crippen molar-refractivity contribution >= 4 is 17.9 Å². The van der Waals surface area contributed by atoms with Gasteiger partial charge in [-0.25, -0.2) is 0 Å². The molecule has 0 aliphatic heterocycles. The minimum Gasteiger partial charge on any atom is -0.462 e. The van der Waals surface area contributed by atoms with E-state index in [1.165, 1.54) is 154 Å². The SMILES string of the molecule is CCCCCCCCCCCCCCCCC(=O)OC[C@@H](COC(=O)CCCCCCCCCCC(C)C)OC(=O)CCCCCCCCCCCC(C)C. The van der Waals surface area contributed by atoms with Gasteiger partial charge in [-0.15, -0.1) is 0 Å². The first-order valence-corrected chi connectivity index (χ1v) is 24.2. The van der Waals surface area contributed by atoms with Gasteiger partial charge in [0, 0.05) is 19.3 Å². The van der Waals surface area contributed by atoms with Crippen LogP contribution in [0, 0.1) is 11.8 Å². The van der Waals surface area contributed by atoms with E-state index >= 15 is 0 Å². The lowest BCUT2D eigenvalue weighted by Crippen LogP contribution is -2.30. The molecule has 0 aromatic rings. The minimum absolute atomic E-state index is 0.0647. The maximum Gasteiger partial charge on any atom is 0.306 e. The third-order valence-electron chi connectivity index (χ3n) is 11.0. The van der Waals surface area contributed by atoms with Crippen molar-refractivity contribution in [1.29, 1.82) is 0 Å². The van der Waals surface area contributed by atoms with Gasteiger partial charge in [0.1, 0.15) is 13.2 Å². The zero-order valence-electron chi connectivity index (χ0n) is 37.6. The molecule has 0 spiro atoms. The van der Waals surface area contributed by atoms with Crippen molar-refractivity contribution < 1.29 is 28.6 Å². The third-order valence-corrected chi connectivity index (χ3v) is 11.0. The molecular weight excluding hydrogens is 685 g/mol. The second-order valence-electron chi connectivity index (χ2n) is 17.7. The molecule has 0 bridgehead atoms. The van der Waals surface area contributed by atoms with Crippen LogP contribution < -0.4 is 0 Å². The van der Waals surface area contributed by atoms with Gasteiger partial charge in [0.25, 0.3) is 0 Å². The van der Waals surface area contributed by atoms with Crippen LogP contribution in [0.1, 0.15) is 266 Å². The molecule has 0 aromatic carbocycles. The summed E-state index contributed by atoms with van der Waals surface area (Å²) in [5.41, 5.74) is 0. The highest BCUT2D eigenvalue weighted by molar-refractivity contribution is 5.71. The predicted molar refractivity (Wildman–Crippen MR) is 233 cm³/mol. The van der Waals surface area contributed by atoms with Gasteiger partial charge in [-0.1, -0.05) is 227 Å². The predicted octanol–water partition coefficient (Wildman–Crippen LogP) is 15.4. The van der Waals surface area contributed by atoms with E-state index in [-0.39, 0.29) is 31.1 Å². The lowest BCUT2D eigenvalue weighted by atomic mass is 10.0. The molecule has 0 saturated carbocycles. The van der Waals surface area contributed by atoms with Crippen molar-refractivity contribution in [3.63, 3.8) is 0 Å². The first-order valence-electron chi connectivity index (χ1n) is 24.2. The highest BCUT2D eigenvalue weighted by Crippen LogP contribution is 2.17. The fourth-order valence-electron chi connectivity index (χ4n) is 7.28. The molecule has 55 heavy (non-hydrogen) atoms. The van der Waals surface area contributed by atoms with Gasteiger partial charge < -0.3 is 14.2 Å². The molecule has 0 amide bonds. The number of unbranched alkanes of at least 4 members (excludes halogenated alkanes) is 28. The molecule has 0 aliphatic carbocycles. The summed E-state index contributed by atoms with van der Waals surface area (Å²) >= 11 is 0. The zero-order chi connectivity index (χ0) is 40.5. The Kier molecular flexibility index (Phi) is 40.8. The second kappa shape index (κ2) is 42.0. The van der Waals surface area contributed by atoms with Gasteiger partial charge in [0.2, 0.25) is 0 Å². The van der Waals surface area contributed by atoms with Gasteiger partial charge in [-0.2, -0.15) is 0 Å². The molecule has 0 radical (unpaired) electrons. The number of esters is 3. The van der Waals surface area contributed by atoms with Crippen LogP contribution in [0.5, 0.6) is 0 Å². The second-order valence-corrected chi connectivity index (χ2v) is 17.7. The minimum atomic E-state index is -0.761. The Morgan fingerprint density at radius 1 is 0.345 bits per heavy atom. The largest absolute Gasteiger partial charge is 0.462 e. The summed E-state index contributed by atoms with van der Waals surface area (Å²) in [5, 5.41) is 0. The number of rotatable bonds is 43. The number of hydrogen-bond acceptors (Lipinski definition) is 6. The van der Waals surface area contributed by atoms with Gasteiger partial charge >= 0.3 is 17.9 Å². The van der Waals surface area contributed by atoms with Crippen LogP contribution >= 0.6 is 0 Å². The van der Waals surface area contributed by atoms with Crippen LogP contribution in [0.25, 0.3) is 0 Å². The fraction of sp³-hybridized carbons (Fsp3) is 0.939. The van der Waals surface area contributed by atoms with E-state index in [2.05, 4.69) is 34.6 Å².